The molecular formula is C26H34ClFN4O2. The molecule has 3 N–H and O–H groups in total. The van der Waals surface area contributed by atoms with E-state index in [4.69, 9.17) is 17.3 Å². The van der Waals surface area contributed by atoms with E-state index in [0.717, 1.165) is 24.0 Å². The van der Waals surface area contributed by atoms with Crippen LogP contribution in [0.25, 0.3) is 0 Å². The number of amides is 2. The van der Waals surface area contributed by atoms with Crippen molar-refractivity contribution in [2.24, 2.45) is 5.73 Å². The predicted octanol–water partition coefficient (Wildman–Crippen LogP) is 3.02. The molecule has 2 aromatic rings. The minimum atomic E-state index is -0.700. The van der Waals surface area contributed by atoms with Crippen molar-refractivity contribution in [2.45, 2.75) is 50.7 Å². The Kier molecular flexibility index (Phi) is 9.45. The lowest BCUT2D eigenvalue weighted by Crippen LogP contribution is -2.62. The fraction of sp³-hybridized carbons (Fsp3) is 0.462. The normalized spacial score (nSPS) is 18.4. The molecule has 6 nitrogen and oxygen atoms in total. The Morgan fingerprint density at radius 2 is 1.85 bits per heavy atom. The number of nitrogens with one attached hydrogen (secondary N) is 1. The number of nitrogens with zero attached hydrogens (tertiary/aromatic N) is 2. The summed E-state index contributed by atoms with van der Waals surface area (Å²) in [6.45, 7) is 3.74. The van der Waals surface area contributed by atoms with Gasteiger partial charge in [0.25, 0.3) is 0 Å². The van der Waals surface area contributed by atoms with Gasteiger partial charge in [-0.3, -0.25) is 14.5 Å². The number of rotatable bonds is 9. The first-order valence-corrected chi connectivity index (χ1v) is 12.2. The number of benzene rings is 2. The third-order valence-corrected chi connectivity index (χ3v) is 6.83. The van der Waals surface area contributed by atoms with Crippen molar-refractivity contribution in [3.63, 3.8) is 0 Å². The highest BCUT2D eigenvalue weighted by Gasteiger charge is 2.36. The number of piperazine rings is 1. The van der Waals surface area contributed by atoms with E-state index in [1.807, 2.05) is 29.2 Å². The first-order valence-electron chi connectivity index (χ1n) is 11.8. The number of carbonyl (C=O) groups is 2. The van der Waals surface area contributed by atoms with Gasteiger partial charge in [0, 0.05) is 37.7 Å². The van der Waals surface area contributed by atoms with Crippen LogP contribution in [0.15, 0.2) is 48.5 Å². The van der Waals surface area contributed by atoms with Gasteiger partial charge < -0.3 is 16.0 Å². The lowest BCUT2D eigenvalue weighted by Gasteiger charge is -2.45. The van der Waals surface area contributed by atoms with E-state index < -0.39 is 6.04 Å². The zero-order chi connectivity index (χ0) is 24.7. The Balaban J connectivity index is 1.72. The summed E-state index contributed by atoms with van der Waals surface area (Å²) in [5.74, 6) is -0.488. The van der Waals surface area contributed by atoms with Crippen LogP contribution in [0.3, 0.4) is 0 Å². The van der Waals surface area contributed by atoms with Gasteiger partial charge in [-0.25, -0.2) is 4.39 Å². The minimum Gasteiger partial charge on any atom is -0.358 e. The van der Waals surface area contributed by atoms with Gasteiger partial charge in [0.15, 0.2) is 0 Å². The Morgan fingerprint density at radius 1 is 1.15 bits per heavy atom. The molecule has 0 aliphatic carbocycles. The zero-order valence-electron chi connectivity index (χ0n) is 19.8. The van der Waals surface area contributed by atoms with E-state index in [2.05, 4.69) is 17.1 Å². The molecule has 0 aromatic heterocycles. The summed E-state index contributed by atoms with van der Waals surface area (Å²) in [4.78, 5) is 30.1. The lowest BCUT2D eigenvalue weighted by atomic mass is 9.98. The molecule has 3 rings (SSSR count). The zero-order valence-corrected chi connectivity index (χ0v) is 20.6. The quantitative estimate of drug-likeness (QED) is 0.568. The number of hydrogen-bond acceptors (Lipinski definition) is 4. The highest BCUT2D eigenvalue weighted by atomic mass is 35.5. The van der Waals surface area contributed by atoms with Gasteiger partial charge in [-0.05, 0) is 48.6 Å². The average molecular weight is 489 g/mol. The van der Waals surface area contributed by atoms with Crippen molar-refractivity contribution < 1.29 is 14.0 Å². The van der Waals surface area contributed by atoms with Crippen molar-refractivity contribution in [1.29, 1.82) is 0 Å². The van der Waals surface area contributed by atoms with E-state index in [-0.39, 0.29) is 29.7 Å². The summed E-state index contributed by atoms with van der Waals surface area (Å²) < 4.78 is 13.2. The maximum atomic E-state index is 13.3. The minimum absolute atomic E-state index is 0.0380. The molecule has 34 heavy (non-hydrogen) atoms. The van der Waals surface area contributed by atoms with Crippen LogP contribution in [0.5, 0.6) is 0 Å². The Morgan fingerprint density at radius 3 is 2.50 bits per heavy atom. The van der Waals surface area contributed by atoms with Gasteiger partial charge in [0.05, 0.1) is 12.1 Å². The molecule has 0 bridgehead atoms. The molecule has 1 fully saturated rings. The van der Waals surface area contributed by atoms with Crippen LogP contribution in [0, 0.1) is 5.82 Å². The highest BCUT2D eigenvalue weighted by Crippen LogP contribution is 2.23. The van der Waals surface area contributed by atoms with Gasteiger partial charge in [0.1, 0.15) is 5.82 Å². The largest absolute Gasteiger partial charge is 0.358 e. The predicted molar refractivity (Wildman–Crippen MR) is 133 cm³/mol. The topological polar surface area (TPSA) is 78.7 Å². The van der Waals surface area contributed by atoms with E-state index in [1.165, 1.54) is 12.1 Å². The molecule has 3 atom stereocenters. The monoisotopic (exact) mass is 488 g/mol. The van der Waals surface area contributed by atoms with Crippen molar-refractivity contribution in [1.82, 2.24) is 15.1 Å². The summed E-state index contributed by atoms with van der Waals surface area (Å²) in [5.41, 5.74) is 8.03. The maximum Gasteiger partial charge on any atom is 0.240 e. The summed E-state index contributed by atoms with van der Waals surface area (Å²) in [6, 6.07) is 12.5. The van der Waals surface area contributed by atoms with Gasteiger partial charge in [-0.2, -0.15) is 0 Å². The summed E-state index contributed by atoms with van der Waals surface area (Å²) >= 11 is 6.37. The second-order valence-electron chi connectivity index (χ2n) is 8.83. The van der Waals surface area contributed by atoms with Crippen molar-refractivity contribution in [3.8, 4) is 0 Å². The van der Waals surface area contributed by atoms with Crippen LogP contribution >= 0.6 is 11.6 Å². The van der Waals surface area contributed by atoms with Crippen LogP contribution in [0.4, 0.5) is 4.39 Å². The maximum absolute atomic E-state index is 13.3. The van der Waals surface area contributed by atoms with Crippen LogP contribution in [-0.2, 0) is 22.4 Å². The number of nitrogens with two attached hydrogens (primary N) is 1. The van der Waals surface area contributed by atoms with Crippen LogP contribution in [0.1, 0.15) is 30.9 Å². The van der Waals surface area contributed by atoms with E-state index >= 15 is 0 Å². The first kappa shape index (κ1) is 26.1. The Labute approximate surface area is 206 Å². The van der Waals surface area contributed by atoms with Crippen LogP contribution in [-0.4, -0.2) is 66.4 Å². The van der Waals surface area contributed by atoms with Gasteiger partial charge in [-0.1, -0.05) is 55.3 Å². The van der Waals surface area contributed by atoms with E-state index in [0.29, 0.717) is 37.5 Å². The molecular weight excluding hydrogens is 455 g/mol. The Bertz CT molecular complexity index is 972. The second kappa shape index (κ2) is 12.3. The number of likely N-dealkylation sites (N-methyl/N-ethyl adjacent to an activating group) is 1. The Hall–Kier alpha value is -2.48. The highest BCUT2D eigenvalue weighted by molar-refractivity contribution is 6.31. The van der Waals surface area contributed by atoms with E-state index in [1.54, 1.807) is 19.2 Å². The third kappa shape index (κ3) is 6.56. The van der Waals surface area contributed by atoms with Crippen molar-refractivity contribution in [2.75, 3.05) is 26.7 Å². The molecule has 1 saturated heterocycles. The molecule has 1 aliphatic heterocycles. The molecule has 184 valence electrons. The molecule has 1 aliphatic rings. The summed E-state index contributed by atoms with van der Waals surface area (Å²) in [7, 11) is 1.64. The number of hydrogen-bond donors (Lipinski definition) is 2. The molecule has 0 saturated carbocycles. The third-order valence-electron chi connectivity index (χ3n) is 6.47. The lowest BCUT2D eigenvalue weighted by molar-refractivity contribution is -0.139. The molecule has 0 spiro atoms. The molecule has 1 heterocycles. The molecule has 0 radical (unpaired) electrons. The molecule has 8 heteroatoms. The SMILES string of the molecule is CCCC1CN(C(Cc2ccccc2Cl)C(=O)NC)CCN1C(=O)C(N)Cc1ccc(F)cc1. The van der Waals surface area contributed by atoms with Crippen molar-refractivity contribution in [3.05, 3.63) is 70.5 Å². The van der Waals surface area contributed by atoms with E-state index in [9.17, 15) is 14.0 Å². The summed E-state index contributed by atoms with van der Waals surface area (Å²) in [6.07, 6.45) is 2.57. The fourth-order valence-electron chi connectivity index (χ4n) is 4.63. The average Bonchev–Trinajstić information content (AvgIpc) is 2.84. The van der Waals surface area contributed by atoms with Gasteiger partial charge >= 0.3 is 0 Å². The smallest absolute Gasteiger partial charge is 0.240 e. The van der Waals surface area contributed by atoms with Crippen LogP contribution < -0.4 is 11.1 Å². The van der Waals surface area contributed by atoms with Crippen LogP contribution in [0.2, 0.25) is 5.02 Å². The fourth-order valence-corrected chi connectivity index (χ4v) is 4.85. The number of carbonyl (C=O) groups excluding carboxylic acids is 2. The first-order chi connectivity index (χ1) is 16.3. The summed E-state index contributed by atoms with van der Waals surface area (Å²) in [5, 5.41) is 3.42. The molecule has 2 aromatic carbocycles. The standard InChI is InChI=1S/C26H34ClFN4O2/c1-3-6-21-17-31(24(25(33)30-2)16-19-7-4-5-8-22(19)27)13-14-32(21)26(34)23(29)15-18-9-11-20(28)12-10-18/h4-5,7-12,21,23-24H,3,6,13-17,29H2,1-2H3,(H,30,33). The second-order valence-corrected chi connectivity index (χ2v) is 9.24. The van der Waals surface area contributed by atoms with Gasteiger partial charge in [-0.15, -0.1) is 0 Å². The van der Waals surface area contributed by atoms with Gasteiger partial charge in [0.2, 0.25) is 11.8 Å². The number of halogens is 2. The van der Waals surface area contributed by atoms with Crippen molar-refractivity contribution >= 4 is 23.4 Å². The molecule has 3 unspecified atom stereocenters. The molecule has 2 amide bonds.